The minimum Gasteiger partial charge on any atom is -0.355 e. The van der Waals surface area contributed by atoms with Crippen molar-refractivity contribution in [3.63, 3.8) is 0 Å². The summed E-state index contributed by atoms with van der Waals surface area (Å²) in [7, 11) is 0. The van der Waals surface area contributed by atoms with Crippen molar-refractivity contribution in [3.8, 4) is 0 Å². The number of nitrogens with one attached hydrogen (secondary N) is 2. The Labute approximate surface area is 140 Å². The predicted octanol–water partition coefficient (Wildman–Crippen LogP) is 3.44. The third kappa shape index (κ3) is 5.68. The largest absolute Gasteiger partial charge is 0.355 e. The van der Waals surface area contributed by atoms with Gasteiger partial charge in [-0.05, 0) is 35.7 Å². The van der Waals surface area contributed by atoms with Gasteiger partial charge in [-0.15, -0.1) is 0 Å². The van der Waals surface area contributed by atoms with Crippen molar-refractivity contribution >= 4 is 29.1 Å². The van der Waals surface area contributed by atoms with Crippen LogP contribution < -0.4 is 10.6 Å². The van der Waals surface area contributed by atoms with Gasteiger partial charge < -0.3 is 10.6 Å². The molecule has 3 nitrogen and oxygen atoms in total. The van der Waals surface area contributed by atoms with Crippen LogP contribution in [-0.4, -0.2) is 19.0 Å². The second-order valence-corrected chi connectivity index (χ2v) is 5.77. The quantitative estimate of drug-likeness (QED) is 0.813. The summed E-state index contributed by atoms with van der Waals surface area (Å²) in [5, 5.41) is 7.37. The van der Waals surface area contributed by atoms with Crippen LogP contribution >= 0.6 is 23.2 Å². The molecule has 0 aromatic heterocycles. The van der Waals surface area contributed by atoms with E-state index in [4.69, 9.17) is 23.2 Å². The van der Waals surface area contributed by atoms with Crippen LogP contribution in [0.5, 0.6) is 0 Å². The van der Waals surface area contributed by atoms with Gasteiger partial charge in [-0.25, -0.2) is 0 Å². The van der Waals surface area contributed by atoms with E-state index in [1.54, 1.807) is 0 Å². The molecule has 5 heteroatoms. The average Bonchev–Trinajstić information content (AvgIpc) is 2.49. The highest BCUT2D eigenvalue weighted by atomic mass is 35.5. The highest BCUT2D eigenvalue weighted by molar-refractivity contribution is 6.31. The molecule has 0 unspecified atom stereocenters. The third-order valence-corrected chi connectivity index (χ3v) is 3.79. The first-order chi connectivity index (χ1) is 10.6. The fraction of sp³-hybridized carbons (Fsp3) is 0.235. The third-order valence-electron chi connectivity index (χ3n) is 3.18. The van der Waals surface area contributed by atoms with E-state index in [9.17, 15) is 4.79 Å². The molecule has 0 aliphatic rings. The molecule has 2 N–H and O–H groups in total. The van der Waals surface area contributed by atoms with Gasteiger partial charge in [0.1, 0.15) is 0 Å². The summed E-state index contributed by atoms with van der Waals surface area (Å²) in [6.45, 7) is 1.43. The van der Waals surface area contributed by atoms with Crippen molar-refractivity contribution in [2.45, 2.75) is 13.0 Å². The maximum absolute atomic E-state index is 11.7. The molecule has 0 heterocycles. The van der Waals surface area contributed by atoms with Crippen LogP contribution in [0.15, 0.2) is 48.5 Å². The number of hydrogen-bond donors (Lipinski definition) is 2. The van der Waals surface area contributed by atoms with Gasteiger partial charge in [0.15, 0.2) is 0 Å². The molecule has 0 radical (unpaired) electrons. The topological polar surface area (TPSA) is 41.1 Å². The summed E-state index contributed by atoms with van der Waals surface area (Å²) in [4.78, 5) is 11.7. The van der Waals surface area contributed by atoms with Crippen molar-refractivity contribution in [2.24, 2.45) is 0 Å². The predicted molar refractivity (Wildman–Crippen MR) is 91.3 cm³/mol. The first kappa shape index (κ1) is 16.8. The molecule has 0 atom stereocenters. The SMILES string of the molecule is O=C(CNCc1ccccc1Cl)NCCc1cccc(Cl)c1. The lowest BCUT2D eigenvalue weighted by molar-refractivity contribution is -0.120. The smallest absolute Gasteiger partial charge is 0.233 e. The maximum atomic E-state index is 11.7. The summed E-state index contributed by atoms with van der Waals surface area (Å²) in [5.74, 6) is -0.0333. The van der Waals surface area contributed by atoms with Crippen LogP contribution in [0.1, 0.15) is 11.1 Å². The number of carbonyl (C=O) groups excluding carboxylic acids is 1. The standard InChI is InChI=1S/C17H18Cl2N2O/c18-15-6-3-4-13(10-15)8-9-21-17(22)12-20-11-14-5-1-2-7-16(14)19/h1-7,10,20H,8-9,11-12H2,(H,21,22). The summed E-state index contributed by atoms with van der Waals surface area (Å²) < 4.78 is 0. The van der Waals surface area contributed by atoms with Gasteiger partial charge in [-0.3, -0.25) is 4.79 Å². The minimum atomic E-state index is -0.0333. The second kappa shape index (κ2) is 8.79. The van der Waals surface area contributed by atoms with Crippen LogP contribution in [0, 0.1) is 0 Å². The van der Waals surface area contributed by atoms with E-state index in [2.05, 4.69) is 10.6 Å². The summed E-state index contributed by atoms with van der Waals surface area (Å²) in [6.07, 6.45) is 0.761. The van der Waals surface area contributed by atoms with Gasteiger partial charge in [0.25, 0.3) is 0 Å². The molecule has 0 saturated carbocycles. The average molecular weight is 337 g/mol. The summed E-state index contributed by atoms with van der Waals surface area (Å²) in [6, 6.07) is 15.2. The Hall–Kier alpha value is -1.55. The van der Waals surface area contributed by atoms with Gasteiger partial charge in [-0.1, -0.05) is 53.5 Å². The first-order valence-electron chi connectivity index (χ1n) is 7.10. The van der Waals surface area contributed by atoms with Gasteiger partial charge >= 0.3 is 0 Å². The van der Waals surface area contributed by atoms with E-state index in [0.29, 0.717) is 23.1 Å². The molecule has 0 saturated heterocycles. The second-order valence-electron chi connectivity index (χ2n) is 4.92. The number of amides is 1. The number of hydrogen-bond acceptors (Lipinski definition) is 2. The number of benzene rings is 2. The first-order valence-corrected chi connectivity index (χ1v) is 7.86. The Morgan fingerprint density at radius 1 is 1.05 bits per heavy atom. The lowest BCUT2D eigenvalue weighted by atomic mass is 10.1. The van der Waals surface area contributed by atoms with E-state index < -0.39 is 0 Å². The van der Waals surface area contributed by atoms with E-state index in [1.165, 1.54) is 0 Å². The van der Waals surface area contributed by atoms with Gasteiger partial charge in [-0.2, -0.15) is 0 Å². The Kier molecular flexibility index (Phi) is 6.72. The summed E-state index contributed by atoms with van der Waals surface area (Å²) in [5.41, 5.74) is 2.09. The van der Waals surface area contributed by atoms with Gasteiger partial charge in [0, 0.05) is 23.1 Å². The van der Waals surface area contributed by atoms with Crippen molar-refractivity contribution in [1.82, 2.24) is 10.6 Å². The zero-order chi connectivity index (χ0) is 15.8. The van der Waals surface area contributed by atoms with E-state index in [-0.39, 0.29) is 12.5 Å². The number of carbonyl (C=O) groups is 1. The van der Waals surface area contributed by atoms with Gasteiger partial charge in [0.2, 0.25) is 5.91 Å². The molecule has 0 aliphatic heterocycles. The zero-order valence-corrected chi connectivity index (χ0v) is 13.6. The Morgan fingerprint density at radius 3 is 2.64 bits per heavy atom. The molecular formula is C17H18Cl2N2O. The van der Waals surface area contributed by atoms with Gasteiger partial charge in [0.05, 0.1) is 6.54 Å². The normalized spacial score (nSPS) is 10.5. The monoisotopic (exact) mass is 336 g/mol. The maximum Gasteiger partial charge on any atom is 0.233 e. The Balaban J connectivity index is 1.65. The van der Waals surface area contributed by atoms with Crippen molar-refractivity contribution in [1.29, 1.82) is 0 Å². The van der Waals surface area contributed by atoms with E-state index >= 15 is 0 Å². The Bertz CT molecular complexity index is 632. The summed E-state index contributed by atoms with van der Waals surface area (Å²) >= 11 is 12.0. The molecule has 0 bridgehead atoms. The fourth-order valence-electron chi connectivity index (χ4n) is 2.05. The highest BCUT2D eigenvalue weighted by Gasteiger charge is 2.03. The molecule has 0 spiro atoms. The molecule has 0 aliphatic carbocycles. The molecular weight excluding hydrogens is 319 g/mol. The van der Waals surface area contributed by atoms with Crippen LogP contribution in [0.4, 0.5) is 0 Å². The molecule has 22 heavy (non-hydrogen) atoms. The number of rotatable bonds is 7. The zero-order valence-electron chi connectivity index (χ0n) is 12.1. The van der Waals surface area contributed by atoms with E-state index in [1.807, 2.05) is 48.5 Å². The van der Waals surface area contributed by atoms with Crippen molar-refractivity contribution in [3.05, 3.63) is 69.7 Å². The van der Waals surface area contributed by atoms with Crippen molar-refractivity contribution < 1.29 is 4.79 Å². The highest BCUT2D eigenvalue weighted by Crippen LogP contribution is 2.14. The molecule has 2 aromatic rings. The minimum absolute atomic E-state index is 0.0333. The fourth-order valence-corrected chi connectivity index (χ4v) is 2.47. The van der Waals surface area contributed by atoms with Crippen molar-refractivity contribution in [2.75, 3.05) is 13.1 Å². The molecule has 1 amide bonds. The molecule has 2 aromatic carbocycles. The van der Waals surface area contributed by atoms with Crippen LogP contribution in [0.3, 0.4) is 0 Å². The Morgan fingerprint density at radius 2 is 1.86 bits per heavy atom. The molecule has 2 rings (SSSR count). The van der Waals surface area contributed by atoms with E-state index in [0.717, 1.165) is 17.5 Å². The number of halogens is 2. The molecule has 116 valence electrons. The van der Waals surface area contributed by atoms with Crippen LogP contribution in [-0.2, 0) is 17.8 Å². The van der Waals surface area contributed by atoms with Crippen LogP contribution in [0.25, 0.3) is 0 Å². The van der Waals surface area contributed by atoms with Crippen LogP contribution in [0.2, 0.25) is 10.0 Å². The lowest BCUT2D eigenvalue weighted by Gasteiger charge is -2.08. The lowest BCUT2D eigenvalue weighted by Crippen LogP contribution is -2.34. The molecule has 0 fully saturated rings.